The lowest BCUT2D eigenvalue weighted by Gasteiger charge is -2.05. The Morgan fingerprint density at radius 2 is 1.40 bits per heavy atom. The normalized spacial score (nSPS) is 39.1. The van der Waals surface area contributed by atoms with Gasteiger partial charge in [-0.1, -0.05) is 48.8 Å². The van der Waals surface area contributed by atoms with Crippen LogP contribution in [0.4, 0.5) is 0 Å². The lowest BCUT2D eigenvalue weighted by molar-refractivity contribution is 0.528. The van der Waals surface area contributed by atoms with Crippen molar-refractivity contribution < 1.29 is 0 Å². The molecule has 0 bridgehead atoms. The van der Waals surface area contributed by atoms with Crippen molar-refractivity contribution in [3.63, 3.8) is 0 Å². The van der Waals surface area contributed by atoms with Crippen molar-refractivity contribution >= 4 is 0 Å². The molecule has 0 saturated heterocycles. The highest BCUT2D eigenvalue weighted by molar-refractivity contribution is 5.19. The summed E-state index contributed by atoms with van der Waals surface area (Å²) in [6.07, 6.45) is 15.1. The summed E-state index contributed by atoms with van der Waals surface area (Å²) >= 11 is 0. The summed E-state index contributed by atoms with van der Waals surface area (Å²) in [7, 11) is 0. The van der Waals surface area contributed by atoms with Crippen LogP contribution < -0.4 is 0 Å². The van der Waals surface area contributed by atoms with E-state index in [1.165, 1.54) is 38.5 Å². The van der Waals surface area contributed by atoms with E-state index in [1.807, 2.05) is 0 Å². The third-order valence-corrected chi connectivity index (χ3v) is 5.52. The highest BCUT2D eigenvalue weighted by Gasteiger charge is 2.55. The molecule has 0 aromatic heterocycles. The molecule has 112 valence electrons. The second-order valence-electron chi connectivity index (χ2n) is 7.68. The highest BCUT2D eigenvalue weighted by Crippen LogP contribution is 2.61. The minimum Gasteiger partial charge on any atom is -0.0853 e. The standard InChI is InChI=1S/C20H32/c1-15-8-6-10-16(2)12-13-18-19(20(18,4)5)14-17(3)11-7-9-15/h9-10,14,18-19H,6-8,11-13H2,1-5H3/b15-9+,16-10+,17-14+/t18-,19-/m0/s1. The zero-order chi connectivity index (χ0) is 14.8. The first-order chi connectivity index (χ1) is 9.41. The Labute approximate surface area is 126 Å². The van der Waals surface area contributed by atoms with Crippen LogP contribution in [0.3, 0.4) is 0 Å². The molecule has 2 aliphatic rings. The molecule has 0 aromatic carbocycles. The fourth-order valence-corrected chi connectivity index (χ4v) is 3.74. The van der Waals surface area contributed by atoms with Gasteiger partial charge in [0, 0.05) is 0 Å². The Kier molecular flexibility index (Phi) is 4.94. The van der Waals surface area contributed by atoms with Crippen LogP contribution in [-0.4, -0.2) is 0 Å². The van der Waals surface area contributed by atoms with Gasteiger partial charge in [0.05, 0.1) is 0 Å². The van der Waals surface area contributed by atoms with E-state index in [4.69, 9.17) is 0 Å². The van der Waals surface area contributed by atoms with E-state index in [0.29, 0.717) is 5.41 Å². The number of rotatable bonds is 0. The van der Waals surface area contributed by atoms with Crippen LogP contribution in [0.15, 0.2) is 34.9 Å². The van der Waals surface area contributed by atoms with Crippen LogP contribution in [-0.2, 0) is 0 Å². The number of fused-ring (bicyclic) bond motifs is 1. The number of allylic oxidation sites excluding steroid dienone is 6. The SMILES string of the molecule is C/C1=C\CC/C(C)=C/[C@H]2[C@H](CC/C(C)=C/CC1)C2(C)C. The lowest BCUT2D eigenvalue weighted by Crippen LogP contribution is -1.91. The Balaban J connectivity index is 2.09. The largest absolute Gasteiger partial charge is 0.0853 e. The van der Waals surface area contributed by atoms with Crippen molar-refractivity contribution in [2.45, 2.75) is 73.1 Å². The van der Waals surface area contributed by atoms with Crippen LogP contribution in [0.2, 0.25) is 0 Å². The summed E-state index contributed by atoms with van der Waals surface area (Å²) in [6, 6.07) is 0. The Morgan fingerprint density at radius 1 is 0.850 bits per heavy atom. The fraction of sp³-hybridized carbons (Fsp3) is 0.700. The fourth-order valence-electron chi connectivity index (χ4n) is 3.74. The van der Waals surface area contributed by atoms with E-state index in [2.05, 4.69) is 52.8 Å². The second-order valence-corrected chi connectivity index (χ2v) is 7.68. The molecule has 1 saturated carbocycles. The summed E-state index contributed by atoms with van der Waals surface area (Å²) in [5, 5.41) is 0. The van der Waals surface area contributed by atoms with Crippen LogP contribution in [0.5, 0.6) is 0 Å². The molecule has 0 radical (unpaired) electrons. The van der Waals surface area contributed by atoms with Crippen LogP contribution >= 0.6 is 0 Å². The summed E-state index contributed by atoms with van der Waals surface area (Å²) < 4.78 is 0. The maximum atomic E-state index is 2.58. The van der Waals surface area contributed by atoms with Crippen LogP contribution in [0, 0.1) is 17.3 Å². The summed E-state index contributed by atoms with van der Waals surface area (Å²) in [5.41, 5.74) is 5.28. The Morgan fingerprint density at radius 3 is 2.05 bits per heavy atom. The van der Waals surface area contributed by atoms with Crippen LogP contribution in [0.25, 0.3) is 0 Å². The third-order valence-electron chi connectivity index (χ3n) is 5.52. The van der Waals surface area contributed by atoms with Crippen molar-refractivity contribution in [2.75, 3.05) is 0 Å². The smallest absolute Gasteiger partial charge is 0.0143 e. The molecule has 2 aliphatic carbocycles. The van der Waals surface area contributed by atoms with E-state index in [-0.39, 0.29) is 0 Å². The monoisotopic (exact) mass is 272 g/mol. The van der Waals surface area contributed by atoms with E-state index in [1.54, 1.807) is 16.7 Å². The zero-order valence-corrected chi connectivity index (χ0v) is 14.1. The topological polar surface area (TPSA) is 0 Å². The van der Waals surface area contributed by atoms with Crippen LogP contribution in [0.1, 0.15) is 73.1 Å². The summed E-state index contributed by atoms with van der Waals surface area (Å²) in [4.78, 5) is 0. The predicted molar refractivity (Wildman–Crippen MR) is 89.7 cm³/mol. The Hall–Kier alpha value is -0.780. The predicted octanol–water partition coefficient (Wildman–Crippen LogP) is 6.45. The van der Waals surface area contributed by atoms with E-state index >= 15 is 0 Å². The minimum absolute atomic E-state index is 0.535. The van der Waals surface area contributed by atoms with Crippen molar-refractivity contribution in [2.24, 2.45) is 17.3 Å². The average molecular weight is 272 g/mol. The van der Waals surface area contributed by atoms with Gasteiger partial charge in [0.25, 0.3) is 0 Å². The van der Waals surface area contributed by atoms with Crippen molar-refractivity contribution in [3.05, 3.63) is 34.9 Å². The van der Waals surface area contributed by atoms with Crippen molar-refractivity contribution in [1.82, 2.24) is 0 Å². The molecule has 0 heteroatoms. The molecule has 20 heavy (non-hydrogen) atoms. The molecule has 0 unspecified atom stereocenters. The van der Waals surface area contributed by atoms with Gasteiger partial charge in [-0.05, 0) is 76.5 Å². The molecule has 0 aromatic rings. The maximum Gasteiger partial charge on any atom is -0.0143 e. The molecule has 0 amide bonds. The molecule has 2 rings (SSSR count). The van der Waals surface area contributed by atoms with Gasteiger partial charge in [0.15, 0.2) is 0 Å². The van der Waals surface area contributed by atoms with Gasteiger partial charge < -0.3 is 0 Å². The molecule has 2 atom stereocenters. The Bertz CT molecular complexity index is 431. The first kappa shape index (κ1) is 15.6. The van der Waals surface area contributed by atoms with Gasteiger partial charge in [0.1, 0.15) is 0 Å². The van der Waals surface area contributed by atoms with Crippen molar-refractivity contribution in [1.29, 1.82) is 0 Å². The van der Waals surface area contributed by atoms with E-state index in [0.717, 1.165) is 11.8 Å². The van der Waals surface area contributed by atoms with Gasteiger partial charge >= 0.3 is 0 Å². The van der Waals surface area contributed by atoms with Crippen molar-refractivity contribution in [3.8, 4) is 0 Å². The maximum absolute atomic E-state index is 2.58. The number of hydrogen-bond acceptors (Lipinski definition) is 0. The van der Waals surface area contributed by atoms with Gasteiger partial charge in [-0.15, -0.1) is 0 Å². The molecule has 1 fully saturated rings. The average Bonchev–Trinajstić information content (AvgIpc) is 2.86. The lowest BCUT2D eigenvalue weighted by atomic mass is 10.0. The van der Waals surface area contributed by atoms with E-state index in [9.17, 15) is 0 Å². The van der Waals surface area contributed by atoms with Gasteiger partial charge in [-0.25, -0.2) is 0 Å². The molecular weight excluding hydrogens is 240 g/mol. The summed E-state index contributed by atoms with van der Waals surface area (Å²) in [5.74, 6) is 1.73. The second kappa shape index (κ2) is 6.33. The first-order valence-electron chi connectivity index (χ1n) is 8.40. The molecule has 0 spiro atoms. The molecule has 0 N–H and O–H groups in total. The number of hydrogen-bond donors (Lipinski definition) is 0. The molecule has 0 aliphatic heterocycles. The summed E-state index contributed by atoms with van der Waals surface area (Å²) in [6.45, 7) is 11.8. The van der Waals surface area contributed by atoms with Gasteiger partial charge in [0.2, 0.25) is 0 Å². The molecule has 0 heterocycles. The zero-order valence-electron chi connectivity index (χ0n) is 14.1. The molecule has 0 nitrogen and oxygen atoms in total. The highest BCUT2D eigenvalue weighted by atomic mass is 14.6. The minimum atomic E-state index is 0.535. The van der Waals surface area contributed by atoms with Gasteiger partial charge in [-0.2, -0.15) is 0 Å². The first-order valence-corrected chi connectivity index (χ1v) is 8.40. The molecular formula is C20H32. The van der Waals surface area contributed by atoms with Gasteiger partial charge in [-0.3, -0.25) is 0 Å². The van der Waals surface area contributed by atoms with E-state index < -0.39 is 0 Å². The quantitative estimate of drug-likeness (QED) is 0.444. The third kappa shape index (κ3) is 3.87.